The summed E-state index contributed by atoms with van der Waals surface area (Å²) in [4.78, 5) is 22.6. The lowest BCUT2D eigenvalue weighted by atomic mass is 10.2. The fourth-order valence-corrected chi connectivity index (χ4v) is 1.33. The molecule has 1 aromatic rings. The molecule has 0 aliphatic heterocycles. The zero-order valence-corrected chi connectivity index (χ0v) is 11.1. The second-order valence-electron chi connectivity index (χ2n) is 4.07. The van der Waals surface area contributed by atoms with Gasteiger partial charge in [0.1, 0.15) is 18.1 Å². The summed E-state index contributed by atoms with van der Waals surface area (Å²) in [7, 11) is 0. The fourth-order valence-electron chi connectivity index (χ4n) is 1.33. The third kappa shape index (κ3) is 5.78. The van der Waals surface area contributed by atoms with E-state index in [2.05, 4.69) is 15.8 Å². The molecule has 2 N–H and O–H groups in total. The third-order valence-electron chi connectivity index (χ3n) is 2.23. The monoisotopic (exact) mass is 294 g/mol. The molecule has 1 rings (SSSR count). The quantitative estimate of drug-likeness (QED) is 0.639. The summed E-state index contributed by atoms with van der Waals surface area (Å²) in [5.74, 6) is -2.80. The number of halogens is 2. The number of carbonyl (C=O) groups excluding carboxylic acids is 2. The van der Waals surface area contributed by atoms with Gasteiger partial charge >= 0.3 is 0 Å². The van der Waals surface area contributed by atoms with Gasteiger partial charge in [-0.2, -0.15) is 10.4 Å². The molecule has 0 spiro atoms. The van der Waals surface area contributed by atoms with Gasteiger partial charge in [0.25, 0.3) is 5.91 Å². The van der Waals surface area contributed by atoms with Crippen LogP contribution >= 0.6 is 0 Å². The van der Waals surface area contributed by atoms with Crippen molar-refractivity contribution in [1.82, 2.24) is 5.43 Å². The maximum Gasteiger partial charge on any atom is 0.254 e. The van der Waals surface area contributed by atoms with E-state index in [1.807, 2.05) is 0 Å². The van der Waals surface area contributed by atoms with E-state index in [9.17, 15) is 18.4 Å². The van der Waals surface area contributed by atoms with E-state index >= 15 is 0 Å². The Kier molecular flexibility index (Phi) is 5.95. The van der Waals surface area contributed by atoms with E-state index < -0.39 is 23.4 Å². The molecule has 2 amide bonds. The molecule has 0 unspecified atom stereocenters. The molecule has 21 heavy (non-hydrogen) atoms. The van der Waals surface area contributed by atoms with Crippen LogP contribution in [0.25, 0.3) is 0 Å². The summed E-state index contributed by atoms with van der Waals surface area (Å²) < 4.78 is 26.0. The highest BCUT2D eigenvalue weighted by atomic mass is 19.1. The van der Waals surface area contributed by atoms with Crippen LogP contribution in [0.15, 0.2) is 23.3 Å². The lowest BCUT2D eigenvalue weighted by Gasteiger charge is -2.06. The van der Waals surface area contributed by atoms with Gasteiger partial charge < -0.3 is 5.32 Å². The second-order valence-corrected chi connectivity index (χ2v) is 4.07. The Balaban J connectivity index is 2.55. The Morgan fingerprint density at radius 2 is 2.05 bits per heavy atom. The van der Waals surface area contributed by atoms with E-state index in [1.165, 1.54) is 6.92 Å². The number of nitrogens with one attached hydrogen (secondary N) is 2. The second kappa shape index (κ2) is 7.69. The van der Waals surface area contributed by atoms with Gasteiger partial charge in [-0.25, -0.2) is 14.2 Å². The molecule has 6 nitrogen and oxygen atoms in total. The molecule has 0 aliphatic carbocycles. The average molecular weight is 294 g/mol. The van der Waals surface area contributed by atoms with Gasteiger partial charge in [0.05, 0.1) is 18.2 Å². The van der Waals surface area contributed by atoms with Gasteiger partial charge in [-0.3, -0.25) is 9.59 Å². The van der Waals surface area contributed by atoms with Crippen molar-refractivity contribution in [1.29, 1.82) is 5.26 Å². The number of nitriles is 1. The molecule has 0 heterocycles. The van der Waals surface area contributed by atoms with Crippen molar-refractivity contribution in [2.75, 3.05) is 5.32 Å². The predicted molar refractivity (Wildman–Crippen MR) is 71.1 cm³/mol. The Labute approximate surface area is 119 Å². The molecule has 0 bridgehead atoms. The zero-order chi connectivity index (χ0) is 15.8. The van der Waals surface area contributed by atoms with Gasteiger partial charge in [0, 0.05) is 11.8 Å². The van der Waals surface area contributed by atoms with Crippen molar-refractivity contribution in [3.8, 4) is 6.07 Å². The smallest absolute Gasteiger partial charge is 0.254 e. The summed E-state index contributed by atoms with van der Waals surface area (Å²) in [6, 6.07) is 4.41. The van der Waals surface area contributed by atoms with Crippen molar-refractivity contribution in [2.45, 2.75) is 19.8 Å². The molecular formula is C13H12F2N4O2. The van der Waals surface area contributed by atoms with E-state index in [4.69, 9.17) is 5.26 Å². The van der Waals surface area contributed by atoms with Gasteiger partial charge in [0.15, 0.2) is 0 Å². The highest BCUT2D eigenvalue weighted by Crippen LogP contribution is 2.15. The van der Waals surface area contributed by atoms with Gasteiger partial charge in [0.2, 0.25) is 5.91 Å². The number of rotatable bonds is 5. The Morgan fingerprint density at radius 1 is 1.33 bits per heavy atom. The molecule has 0 aromatic heterocycles. The van der Waals surface area contributed by atoms with Gasteiger partial charge in [-0.1, -0.05) is 0 Å². The van der Waals surface area contributed by atoms with Crippen LogP contribution < -0.4 is 10.7 Å². The lowest BCUT2D eigenvalue weighted by Crippen LogP contribution is -2.21. The predicted octanol–water partition coefficient (Wildman–Crippen LogP) is 1.70. The highest BCUT2D eigenvalue weighted by molar-refractivity contribution is 6.05. The largest absolute Gasteiger partial charge is 0.323 e. The van der Waals surface area contributed by atoms with Crippen molar-refractivity contribution in [2.24, 2.45) is 5.10 Å². The molecular weight excluding hydrogens is 282 g/mol. The number of nitrogens with zero attached hydrogens (tertiary/aromatic N) is 2. The number of carbonyl (C=O) groups is 2. The van der Waals surface area contributed by atoms with Crippen LogP contribution in [0.2, 0.25) is 0 Å². The maximum absolute atomic E-state index is 13.3. The Bertz CT molecular complexity index is 623. The van der Waals surface area contributed by atoms with Crippen LogP contribution in [0.1, 0.15) is 19.8 Å². The van der Waals surface area contributed by atoms with E-state index in [-0.39, 0.29) is 24.2 Å². The molecule has 8 heteroatoms. The molecule has 0 saturated heterocycles. The lowest BCUT2D eigenvalue weighted by molar-refractivity contribution is -0.120. The molecule has 0 radical (unpaired) electrons. The molecule has 110 valence electrons. The van der Waals surface area contributed by atoms with Crippen LogP contribution in [0.4, 0.5) is 14.5 Å². The highest BCUT2D eigenvalue weighted by Gasteiger charge is 2.09. The first-order valence-corrected chi connectivity index (χ1v) is 5.86. The van der Waals surface area contributed by atoms with Crippen LogP contribution in [0.3, 0.4) is 0 Å². The van der Waals surface area contributed by atoms with Gasteiger partial charge in [-0.15, -0.1) is 0 Å². The minimum atomic E-state index is -0.889. The van der Waals surface area contributed by atoms with E-state index in [0.717, 1.165) is 12.1 Å². The van der Waals surface area contributed by atoms with E-state index in [1.54, 1.807) is 6.07 Å². The molecule has 0 fully saturated rings. The summed E-state index contributed by atoms with van der Waals surface area (Å²) in [6.45, 7) is 1.48. The summed E-state index contributed by atoms with van der Waals surface area (Å²) in [6.07, 6.45) is -0.534. The Morgan fingerprint density at radius 3 is 2.67 bits per heavy atom. The first-order valence-electron chi connectivity index (χ1n) is 5.86. The maximum atomic E-state index is 13.3. The first-order chi connectivity index (χ1) is 9.92. The van der Waals surface area contributed by atoms with Crippen LogP contribution in [-0.4, -0.2) is 17.5 Å². The topological polar surface area (TPSA) is 94.3 Å². The van der Waals surface area contributed by atoms with E-state index in [0.29, 0.717) is 6.07 Å². The SMILES string of the molecule is C/C(CC(=O)Nc1ccc(F)cc1F)=N\NC(=O)CC#N. The number of amides is 2. The van der Waals surface area contributed by atoms with Gasteiger partial charge in [-0.05, 0) is 19.1 Å². The van der Waals surface area contributed by atoms with Crippen LogP contribution in [-0.2, 0) is 9.59 Å². The number of anilines is 1. The number of benzene rings is 1. The Hall–Kier alpha value is -2.82. The molecule has 1 aromatic carbocycles. The number of hydrogen-bond acceptors (Lipinski definition) is 4. The van der Waals surface area contributed by atoms with Crippen molar-refractivity contribution in [3.63, 3.8) is 0 Å². The minimum absolute atomic E-state index is 0.150. The zero-order valence-electron chi connectivity index (χ0n) is 11.1. The minimum Gasteiger partial charge on any atom is -0.323 e. The number of hydrazone groups is 1. The standard InChI is InChI=1S/C13H12F2N4O2/c1-8(18-19-12(20)4-5-16)6-13(21)17-11-3-2-9(14)7-10(11)15/h2-3,7H,4,6H2,1H3,(H,17,21)(H,19,20)/b18-8+. The van der Waals surface area contributed by atoms with Crippen molar-refractivity contribution < 1.29 is 18.4 Å². The molecule has 0 saturated carbocycles. The van der Waals surface area contributed by atoms with Crippen molar-refractivity contribution >= 4 is 23.2 Å². The fraction of sp³-hybridized carbons (Fsp3) is 0.231. The van der Waals surface area contributed by atoms with Crippen LogP contribution in [0, 0.1) is 23.0 Å². The normalized spacial score (nSPS) is 10.7. The van der Waals surface area contributed by atoms with Crippen LogP contribution in [0.5, 0.6) is 0 Å². The summed E-state index contributed by atoms with van der Waals surface area (Å²) in [5, 5.41) is 14.1. The average Bonchev–Trinajstić information content (AvgIpc) is 2.40. The summed E-state index contributed by atoms with van der Waals surface area (Å²) >= 11 is 0. The molecule has 0 aliphatic rings. The van der Waals surface area contributed by atoms with Crippen molar-refractivity contribution in [3.05, 3.63) is 29.8 Å². The first kappa shape index (κ1) is 16.2. The number of hydrogen-bond donors (Lipinski definition) is 2. The summed E-state index contributed by atoms with van der Waals surface area (Å²) in [5.41, 5.74) is 2.21. The third-order valence-corrected chi connectivity index (χ3v) is 2.23. The molecule has 0 atom stereocenters.